The van der Waals surface area contributed by atoms with Gasteiger partial charge in [-0.25, -0.2) is 0 Å². The highest BCUT2D eigenvalue weighted by Gasteiger charge is 2.07. The molecule has 0 radical (unpaired) electrons. The van der Waals surface area contributed by atoms with Gasteiger partial charge in [-0.1, -0.05) is 6.92 Å². The summed E-state index contributed by atoms with van der Waals surface area (Å²) in [5.41, 5.74) is 0.558. The van der Waals surface area contributed by atoms with Gasteiger partial charge in [-0.15, -0.1) is 11.6 Å². The van der Waals surface area contributed by atoms with Gasteiger partial charge in [-0.05, 0) is 12.3 Å². The number of nitrogens with one attached hydrogen (secondary N) is 2. The normalized spacial score (nSPS) is 12.4. The molecule has 0 spiro atoms. The summed E-state index contributed by atoms with van der Waals surface area (Å²) in [6, 6.07) is 0. The molecule has 0 aromatic carbocycles. The second-order valence-corrected chi connectivity index (χ2v) is 3.66. The Morgan fingerprint density at radius 3 is 3.14 bits per heavy atom. The number of halogens is 1. The minimum absolute atomic E-state index is 0.0971. The van der Waals surface area contributed by atoms with Crippen LogP contribution in [0.3, 0.4) is 0 Å². The number of nitrogens with zero attached hydrogens (tertiary/aromatic N) is 1. The van der Waals surface area contributed by atoms with Crippen LogP contribution in [0.25, 0.3) is 0 Å². The van der Waals surface area contributed by atoms with Crippen LogP contribution in [0.2, 0.25) is 0 Å². The van der Waals surface area contributed by atoms with E-state index < -0.39 is 0 Å². The third-order valence-electron chi connectivity index (χ3n) is 1.97. The molecule has 4 nitrogen and oxygen atoms in total. The fourth-order valence-corrected chi connectivity index (χ4v) is 1.40. The zero-order valence-electron chi connectivity index (χ0n) is 8.09. The Morgan fingerprint density at radius 2 is 2.57 bits per heavy atom. The SMILES string of the molecule is CC(CCCl)CNC(=O)c1cn[nH]c1. The van der Waals surface area contributed by atoms with Crippen LogP contribution in [-0.2, 0) is 0 Å². The van der Waals surface area contributed by atoms with E-state index >= 15 is 0 Å². The summed E-state index contributed by atoms with van der Waals surface area (Å²) >= 11 is 5.58. The molecule has 1 heterocycles. The van der Waals surface area contributed by atoms with Gasteiger partial charge in [0.2, 0.25) is 0 Å². The standard InChI is InChI=1S/C9H14ClN3O/c1-7(2-3-10)4-11-9(14)8-5-12-13-6-8/h5-7H,2-4H2,1H3,(H,11,14)(H,12,13). The van der Waals surface area contributed by atoms with Crippen LogP contribution >= 0.6 is 11.6 Å². The van der Waals surface area contributed by atoms with Crippen LogP contribution in [0.1, 0.15) is 23.7 Å². The quantitative estimate of drug-likeness (QED) is 0.730. The van der Waals surface area contributed by atoms with E-state index in [2.05, 4.69) is 22.4 Å². The first-order valence-corrected chi connectivity index (χ1v) is 5.10. The fourth-order valence-electron chi connectivity index (χ4n) is 1.03. The van der Waals surface area contributed by atoms with Crippen LogP contribution in [0.15, 0.2) is 12.4 Å². The van der Waals surface area contributed by atoms with Crippen LogP contribution in [-0.4, -0.2) is 28.5 Å². The number of rotatable bonds is 5. The van der Waals surface area contributed by atoms with E-state index in [-0.39, 0.29) is 5.91 Å². The molecule has 0 aliphatic rings. The number of alkyl halides is 1. The van der Waals surface area contributed by atoms with E-state index in [9.17, 15) is 4.79 Å². The lowest BCUT2D eigenvalue weighted by Gasteiger charge is -2.09. The van der Waals surface area contributed by atoms with E-state index in [4.69, 9.17) is 11.6 Å². The second-order valence-electron chi connectivity index (χ2n) is 3.28. The van der Waals surface area contributed by atoms with Gasteiger partial charge >= 0.3 is 0 Å². The molecule has 5 heteroatoms. The smallest absolute Gasteiger partial charge is 0.254 e. The Kier molecular flexibility index (Phi) is 4.46. The molecule has 0 aliphatic carbocycles. The van der Waals surface area contributed by atoms with Gasteiger partial charge < -0.3 is 5.32 Å². The summed E-state index contributed by atoms with van der Waals surface area (Å²) in [4.78, 5) is 11.4. The molecule has 1 rings (SSSR count). The lowest BCUT2D eigenvalue weighted by molar-refractivity contribution is 0.0948. The van der Waals surface area contributed by atoms with Gasteiger partial charge in [0, 0.05) is 18.6 Å². The molecule has 2 N–H and O–H groups in total. The molecular formula is C9H14ClN3O. The van der Waals surface area contributed by atoms with E-state index in [1.807, 2.05) is 0 Å². The maximum absolute atomic E-state index is 11.4. The van der Waals surface area contributed by atoms with E-state index in [0.717, 1.165) is 6.42 Å². The number of hydrogen-bond donors (Lipinski definition) is 2. The summed E-state index contributed by atoms with van der Waals surface area (Å²) in [5.74, 6) is 0.937. The highest BCUT2D eigenvalue weighted by atomic mass is 35.5. The maximum Gasteiger partial charge on any atom is 0.254 e. The van der Waals surface area contributed by atoms with Crippen molar-refractivity contribution in [2.24, 2.45) is 5.92 Å². The molecular weight excluding hydrogens is 202 g/mol. The molecule has 0 aliphatic heterocycles. The largest absolute Gasteiger partial charge is 0.352 e. The van der Waals surface area contributed by atoms with Crippen molar-refractivity contribution in [3.8, 4) is 0 Å². The topological polar surface area (TPSA) is 57.8 Å². The monoisotopic (exact) mass is 215 g/mol. The molecule has 78 valence electrons. The van der Waals surface area contributed by atoms with E-state index in [0.29, 0.717) is 23.9 Å². The second kappa shape index (κ2) is 5.65. The van der Waals surface area contributed by atoms with Crippen molar-refractivity contribution in [1.29, 1.82) is 0 Å². The third kappa shape index (κ3) is 3.38. The molecule has 14 heavy (non-hydrogen) atoms. The minimum atomic E-state index is -0.0971. The summed E-state index contributed by atoms with van der Waals surface area (Å²) < 4.78 is 0. The summed E-state index contributed by atoms with van der Waals surface area (Å²) in [6.07, 6.45) is 3.98. The first-order valence-electron chi connectivity index (χ1n) is 4.57. The zero-order valence-corrected chi connectivity index (χ0v) is 8.84. The number of carbonyl (C=O) groups excluding carboxylic acids is 1. The molecule has 0 bridgehead atoms. The van der Waals surface area contributed by atoms with Crippen LogP contribution in [0.5, 0.6) is 0 Å². The first-order chi connectivity index (χ1) is 6.74. The fraction of sp³-hybridized carbons (Fsp3) is 0.556. The van der Waals surface area contributed by atoms with Crippen LogP contribution < -0.4 is 5.32 Å². The number of amides is 1. The van der Waals surface area contributed by atoms with Crippen molar-refractivity contribution in [3.05, 3.63) is 18.0 Å². The van der Waals surface area contributed by atoms with Gasteiger partial charge in [0.25, 0.3) is 5.91 Å². The van der Waals surface area contributed by atoms with Gasteiger partial charge in [0.15, 0.2) is 0 Å². The molecule has 0 saturated carbocycles. The van der Waals surface area contributed by atoms with Gasteiger partial charge in [0.1, 0.15) is 0 Å². The van der Waals surface area contributed by atoms with Crippen molar-refractivity contribution in [2.75, 3.05) is 12.4 Å². The Labute approximate surface area is 88.0 Å². The molecule has 0 fully saturated rings. The molecule has 1 aromatic heterocycles. The minimum Gasteiger partial charge on any atom is -0.352 e. The zero-order chi connectivity index (χ0) is 10.4. The number of aromatic nitrogens is 2. The highest BCUT2D eigenvalue weighted by Crippen LogP contribution is 2.02. The molecule has 1 aromatic rings. The van der Waals surface area contributed by atoms with Gasteiger partial charge in [0.05, 0.1) is 11.8 Å². The summed E-state index contributed by atoms with van der Waals surface area (Å²) in [6.45, 7) is 2.70. The van der Waals surface area contributed by atoms with Crippen LogP contribution in [0.4, 0.5) is 0 Å². The maximum atomic E-state index is 11.4. The predicted octanol–water partition coefficient (Wildman–Crippen LogP) is 1.40. The van der Waals surface area contributed by atoms with Gasteiger partial charge in [-0.2, -0.15) is 5.10 Å². The molecule has 1 unspecified atom stereocenters. The van der Waals surface area contributed by atoms with Crippen molar-refractivity contribution in [3.63, 3.8) is 0 Å². The summed E-state index contributed by atoms with van der Waals surface area (Å²) in [5, 5.41) is 9.10. The first kappa shape index (κ1) is 11.0. The van der Waals surface area contributed by atoms with Crippen molar-refractivity contribution in [1.82, 2.24) is 15.5 Å². The molecule has 1 amide bonds. The number of H-pyrrole nitrogens is 1. The molecule has 1 atom stereocenters. The number of carbonyl (C=O) groups is 1. The Hall–Kier alpha value is -1.03. The number of hydrogen-bond acceptors (Lipinski definition) is 2. The molecule has 0 saturated heterocycles. The Morgan fingerprint density at radius 1 is 1.79 bits per heavy atom. The predicted molar refractivity (Wildman–Crippen MR) is 55.4 cm³/mol. The lowest BCUT2D eigenvalue weighted by Crippen LogP contribution is -2.28. The Balaban J connectivity index is 2.28. The van der Waals surface area contributed by atoms with Gasteiger partial charge in [-0.3, -0.25) is 9.89 Å². The average Bonchev–Trinajstić information content (AvgIpc) is 2.67. The van der Waals surface area contributed by atoms with Crippen molar-refractivity contribution >= 4 is 17.5 Å². The van der Waals surface area contributed by atoms with Crippen LogP contribution in [0, 0.1) is 5.92 Å². The summed E-state index contributed by atoms with van der Waals surface area (Å²) in [7, 11) is 0. The highest BCUT2D eigenvalue weighted by molar-refractivity contribution is 6.17. The van der Waals surface area contributed by atoms with Crippen molar-refractivity contribution in [2.45, 2.75) is 13.3 Å². The van der Waals surface area contributed by atoms with E-state index in [1.165, 1.54) is 6.20 Å². The Bertz CT molecular complexity index is 274. The van der Waals surface area contributed by atoms with E-state index in [1.54, 1.807) is 6.20 Å². The lowest BCUT2D eigenvalue weighted by atomic mass is 10.1. The van der Waals surface area contributed by atoms with Crippen molar-refractivity contribution < 1.29 is 4.79 Å². The average molecular weight is 216 g/mol. The third-order valence-corrected chi connectivity index (χ3v) is 2.19. The number of aromatic amines is 1.